The fraction of sp³-hybridized carbons (Fsp3) is 0.0833. The second-order valence-electron chi connectivity index (χ2n) is 3.52. The predicted molar refractivity (Wildman–Crippen MR) is 64.9 cm³/mol. The predicted octanol–water partition coefficient (Wildman–Crippen LogP) is 3.01. The Balaban J connectivity index is 2.77. The van der Waals surface area contributed by atoms with E-state index in [1.54, 1.807) is 0 Å². The highest BCUT2D eigenvalue weighted by molar-refractivity contribution is 9.10. The average molecular weight is 264 g/mol. The lowest BCUT2D eigenvalue weighted by atomic mass is 10.0. The van der Waals surface area contributed by atoms with Crippen LogP contribution in [0.15, 0.2) is 34.8 Å². The largest absolute Gasteiger partial charge is 0.366 e. The lowest BCUT2D eigenvalue weighted by Crippen LogP contribution is -2.12. The quantitative estimate of drug-likeness (QED) is 0.845. The molecule has 0 saturated heterocycles. The third-order valence-corrected chi connectivity index (χ3v) is 2.90. The first kappa shape index (κ1) is 10.2. The summed E-state index contributed by atoms with van der Waals surface area (Å²) in [4.78, 5) is 11.2. The van der Waals surface area contributed by atoms with Crippen LogP contribution in [0, 0.1) is 6.92 Å². The zero-order valence-electron chi connectivity index (χ0n) is 8.25. The molecule has 0 spiro atoms. The van der Waals surface area contributed by atoms with Crippen LogP contribution in [0.2, 0.25) is 0 Å². The maximum absolute atomic E-state index is 11.2. The highest BCUT2D eigenvalue weighted by atomic mass is 79.9. The first-order valence-corrected chi connectivity index (χ1v) is 5.37. The Labute approximate surface area is 96.2 Å². The summed E-state index contributed by atoms with van der Waals surface area (Å²) in [5.41, 5.74) is 6.79. The van der Waals surface area contributed by atoms with Gasteiger partial charge in [-0.1, -0.05) is 28.1 Å². The summed E-state index contributed by atoms with van der Waals surface area (Å²) in [7, 11) is 0. The second-order valence-corrected chi connectivity index (χ2v) is 4.44. The Morgan fingerprint density at radius 3 is 2.60 bits per heavy atom. The van der Waals surface area contributed by atoms with E-state index >= 15 is 0 Å². The van der Waals surface area contributed by atoms with Crippen LogP contribution in [0.25, 0.3) is 10.8 Å². The Hall–Kier alpha value is -1.35. The number of carbonyl (C=O) groups excluding carboxylic acids is 1. The number of halogens is 1. The third kappa shape index (κ3) is 1.88. The van der Waals surface area contributed by atoms with Crippen LogP contribution in [-0.2, 0) is 0 Å². The van der Waals surface area contributed by atoms with Crippen LogP contribution >= 0.6 is 15.9 Å². The topological polar surface area (TPSA) is 43.1 Å². The van der Waals surface area contributed by atoms with Crippen LogP contribution in [0.5, 0.6) is 0 Å². The van der Waals surface area contributed by atoms with Crippen molar-refractivity contribution >= 4 is 32.6 Å². The van der Waals surface area contributed by atoms with Crippen molar-refractivity contribution in [1.82, 2.24) is 0 Å². The number of nitrogens with two attached hydrogens (primary N) is 1. The molecule has 15 heavy (non-hydrogen) atoms. The Morgan fingerprint density at radius 2 is 1.93 bits per heavy atom. The van der Waals surface area contributed by atoms with E-state index in [9.17, 15) is 4.79 Å². The minimum Gasteiger partial charge on any atom is -0.366 e. The Morgan fingerprint density at radius 1 is 1.20 bits per heavy atom. The molecule has 0 aromatic heterocycles. The van der Waals surface area contributed by atoms with Crippen molar-refractivity contribution in [2.24, 2.45) is 5.73 Å². The smallest absolute Gasteiger partial charge is 0.248 e. The molecule has 0 fully saturated rings. The standard InChI is InChI=1S/C12H10BrNO/c1-7-4-8-2-3-10(13)5-9(8)6-11(7)12(14)15/h2-6H,1H3,(H2,14,15). The molecule has 3 heteroatoms. The number of rotatable bonds is 1. The molecule has 2 aromatic rings. The minimum atomic E-state index is -0.380. The lowest BCUT2D eigenvalue weighted by molar-refractivity contribution is 0.1000. The summed E-state index contributed by atoms with van der Waals surface area (Å²) in [6.07, 6.45) is 0. The highest BCUT2D eigenvalue weighted by Gasteiger charge is 2.06. The molecule has 2 nitrogen and oxygen atoms in total. The van der Waals surface area contributed by atoms with Gasteiger partial charge in [-0.2, -0.15) is 0 Å². The molecule has 0 aliphatic carbocycles. The minimum absolute atomic E-state index is 0.380. The van der Waals surface area contributed by atoms with E-state index < -0.39 is 0 Å². The number of hydrogen-bond donors (Lipinski definition) is 1. The van der Waals surface area contributed by atoms with E-state index in [4.69, 9.17) is 5.73 Å². The van der Waals surface area contributed by atoms with Gasteiger partial charge < -0.3 is 5.73 Å². The molecule has 0 aliphatic rings. The van der Waals surface area contributed by atoms with Crippen LogP contribution in [-0.4, -0.2) is 5.91 Å². The zero-order chi connectivity index (χ0) is 11.0. The SMILES string of the molecule is Cc1cc2ccc(Br)cc2cc1C(N)=O. The second kappa shape index (κ2) is 3.66. The van der Waals surface area contributed by atoms with Gasteiger partial charge in [0.25, 0.3) is 0 Å². The summed E-state index contributed by atoms with van der Waals surface area (Å²) < 4.78 is 0.995. The van der Waals surface area contributed by atoms with Gasteiger partial charge in [-0.3, -0.25) is 4.79 Å². The van der Waals surface area contributed by atoms with Crippen molar-refractivity contribution in [1.29, 1.82) is 0 Å². The van der Waals surface area contributed by atoms with Crippen molar-refractivity contribution in [3.05, 3.63) is 45.9 Å². The van der Waals surface area contributed by atoms with Gasteiger partial charge in [0.1, 0.15) is 0 Å². The van der Waals surface area contributed by atoms with E-state index in [1.807, 2.05) is 37.3 Å². The molecule has 0 unspecified atom stereocenters. The van der Waals surface area contributed by atoms with E-state index in [2.05, 4.69) is 15.9 Å². The first-order chi connectivity index (χ1) is 7.08. The molecule has 0 saturated carbocycles. The summed E-state index contributed by atoms with van der Waals surface area (Å²) >= 11 is 3.40. The number of fused-ring (bicyclic) bond motifs is 1. The molecule has 76 valence electrons. The number of hydrogen-bond acceptors (Lipinski definition) is 1. The molecule has 0 atom stereocenters. The van der Waals surface area contributed by atoms with Gasteiger partial charge in [0.2, 0.25) is 5.91 Å². The highest BCUT2D eigenvalue weighted by Crippen LogP contribution is 2.23. The first-order valence-electron chi connectivity index (χ1n) is 4.57. The zero-order valence-corrected chi connectivity index (χ0v) is 9.84. The third-order valence-electron chi connectivity index (χ3n) is 2.41. The fourth-order valence-electron chi connectivity index (χ4n) is 1.65. The maximum atomic E-state index is 11.2. The van der Waals surface area contributed by atoms with E-state index in [1.165, 1.54) is 0 Å². The van der Waals surface area contributed by atoms with Gasteiger partial charge in [0.15, 0.2) is 0 Å². The van der Waals surface area contributed by atoms with Crippen molar-refractivity contribution in [3.63, 3.8) is 0 Å². The molecule has 2 aromatic carbocycles. The normalized spacial score (nSPS) is 10.5. The number of carbonyl (C=O) groups is 1. The number of primary amides is 1. The van der Waals surface area contributed by atoms with Crippen molar-refractivity contribution in [3.8, 4) is 0 Å². The summed E-state index contributed by atoms with van der Waals surface area (Å²) in [6, 6.07) is 9.77. The van der Waals surface area contributed by atoms with Crippen LogP contribution < -0.4 is 5.73 Å². The number of amides is 1. The molecule has 1 amide bonds. The molecular formula is C12H10BrNO. The Bertz CT molecular complexity index is 549. The van der Waals surface area contributed by atoms with Gasteiger partial charge in [-0.25, -0.2) is 0 Å². The molecule has 2 rings (SSSR count). The van der Waals surface area contributed by atoms with Gasteiger partial charge >= 0.3 is 0 Å². The molecule has 0 heterocycles. The monoisotopic (exact) mass is 263 g/mol. The van der Waals surface area contributed by atoms with Gasteiger partial charge in [-0.05, 0) is 41.5 Å². The van der Waals surface area contributed by atoms with Crippen molar-refractivity contribution < 1.29 is 4.79 Å². The lowest BCUT2D eigenvalue weighted by Gasteiger charge is -2.05. The number of benzene rings is 2. The van der Waals surface area contributed by atoms with E-state index in [-0.39, 0.29) is 5.91 Å². The number of aryl methyl sites for hydroxylation is 1. The van der Waals surface area contributed by atoms with Gasteiger partial charge in [0.05, 0.1) is 0 Å². The molecular weight excluding hydrogens is 254 g/mol. The summed E-state index contributed by atoms with van der Waals surface area (Å²) in [5, 5.41) is 2.13. The van der Waals surface area contributed by atoms with Crippen molar-refractivity contribution in [2.75, 3.05) is 0 Å². The van der Waals surface area contributed by atoms with Crippen LogP contribution in [0.1, 0.15) is 15.9 Å². The Kier molecular flexibility index (Phi) is 2.49. The fourth-order valence-corrected chi connectivity index (χ4v) is 2.03. The maximum Gasteiger partial charge on any atom is 0.248 e. The molecule has 0 bridgehead atoms. The van der Waals surface area contributed by atoms with E-state index in [0.29, 0.717) is 5.56 Å². The van der Waals surface area contributed by atoms with Gasteiger partial charge in [0, 0.05) is 10.0 Å². The van der Waals surface area contributed by atoms with Crippen LogP contribution in [0.4, 0.5) is 0 Å². The molecule has 2 N–H and O–H groups in total. The van der Waals surface area contributed by atoms with E-state index in [0.717, 1.165) is 20.8 Å². The van der Waals surface area contributed by atoms with Crippen LogP contribution in [0.3, 0.4) is 0 Å². The van der Waals surface area contributed by atoms with Crippen molar-refractivity contribution in [2.45, 2.75) is 6.92 Å². The summed E-state index contributed by atoms with van der Waals surface area (Å²) in [6.45, 7) is 1.89. The molecule has 0 aliphatic heterocycles. The van der Waals surface area contributed by atoms with Gasteiger partial charge in [-0.15, -0.1) is 0 Å². The molecule has 0 radical (unpaired) electrons. The summed E-state index contributed by atoms with van der Waals surface area (Å²) in [5.74, 6) is -0.380. The average Bonchev–Trinajstić information content (AvgIpc) is 2.17.